The Morgan fingerprint density at radius 3 is 2.43 bits per heavy atom. The zero-order valence-corrected chi connectivity index (χ0v) is 24.2. The normalized spacial score (nSPS) is 17.0. The van der Waals surface area contributed by atoms with Gasteiger partial charge in [-0.05, 0) is 69.0 Å². The number of esters is 1. The van der Waals surface area contributed by atoms with Crippen LogP contribution in [-0.4, -0.2) is 43.0 Å². The van der Waals surface area contributed by atoms with Gasteiger partial charge < -0.3 is 28.9 Å². The van der Waals surface area contributed by atoms with Crippen molar-refractivity contribution in [2.45, 2.75) is 71.8 Å². The second kappa shape index (κ2) is 11.3. The van der Waals surface area contributed by atoms with Crippen LogP contribution in [-0.2, 0) is 16.1 Å². The predicted molar refractivity (Wildman–Crippen MR) is 154 cm³/mol. The number of nitrogens with zero attached hydrogens (tertiary/aromatic N) is 4. The maximum atomic E-state index is 13.8. The lowest BCUT2D eigenvalue weighted by Crippen LogP contribution is -2.52. The molecule has 1 aliphatic heterocycles. The van der Waals surface area contributed by atoms with E-state index in [9.17, 15) is 14.7 Å². The van der Waals surface area contributed by atoms with Crippen LogP contribution in [0.3, 0.4) is 0 Å². The van der Waals surface area contributed by atoms with E-state index in [0.717, 1.165) is 35.2 Å². The average Bonchev–Trinajstić information content (AvgIpc) is 3.68. The number of tetrazole rings is 1. The quantitative estimate of drug-likeness (QED) is 0.230. The number of unbranched alkanes of at least 4 members (excludes halogenated alkanes) is 1. The van der Waals surface area contributed by atoms with Crippen LogP contribution < -0.4 is 16.0 Å². The summed E-state index contributed by atoms with van der Waals surface area (Å²) in [6, 6.07) is 15.5. The Kier molecular flexibility index (Phi) is 7.74. The Balaban J connectivity index is 1.55. The van der Waals surface area contributed by atoms with Gasteiger partial charge in [0.15, 0.2) is 23.8 Å². The lowest BCUT2D eigenvalue weighted by molar-refractivity contribution is -0.141. The van der Waals surface area contributed by atoms with Gasteiger partial charge in [0, 0.05) is 11.3 Å². The molecule has 12 nitrogen and oxygen atoms in total. The molecule has 0 aliphatic carbocycles. The molecule has 5 rings (SSSR count). The molecule has 1 unspecified atom stereocenters. The molecule has 3 heterocycles. The Labute approximate surface area is 242 Å². The third kappa shape index (κ3) is 5.57. The molecule has 1 atom stereocenters. The molecule has 1 aliphatic rings. The monoisotopic (exact) mass is 574 g/mol. The summed E-state index contributed by atoms with van der Waals surface area (Å²) in [4.78, 5) is 27.1. The molecular formula is C30H34N6O6. The van der Waals surface area contributed by atoms with Gasteiger partial charge in [-0.3, -0.25) is 0 Å². The molecule has 0 radical (unpaired) electrons. The van der Waals surface area contributed by atoms with Gasteiger partial charge >= 0.3 is 11.8 Å². The van der Waals surface area contributed by atoms with E-state index >= 15 is 0 Å². The number of ether oxygens (including phenoxy) is 1. The molecule has 2 aromatic heterocycles. The van der Waals surface area contributed by atoms with Crippen molar-refractivity contribution in [3.63, 3.8) is 0 Å². The number of hydrogen-bond donors (Lipinski definition) is 3. The van der Waals surface area contributed by atoms with E-state index < -0.39 is 23.1 Å². The maximum Gasteiger partial charge on any atom is 0.519 e. The summed E-state index contributed by atoms with van der Waals surface area (Å²) in [5, 5.41) is 29.0. The van der Waals surface area contributed by atoms with E-state index in [1.165, 1.54) is 0 Å². The van der Waals surface area contributed by atoms with Gasteiger partial charge in [-0.2, -0.15) is 5.21 Å². The molecule has 0 spiro atoms. The number of anilines is 1. The molecule has 0 amide bonds. The summed E-state index contributed by atoms with van der Waals surface area (Å²) in [6.45, 7) is 8.57. The Morgan fingerprint density at radius 1 is 1.12 bits per heavy atom. The van der Waals surface area contributed by atoms with Crippen LogP contribution in [0.5, 0.6) is 0 Å². The molecule has 0 saturated carbocycles. The standard InChI is InChI=1S/C30H34N6O6/c1-6-7-16-30(5)31-25(29(3,4)39)24(27(37)40-17-23-18(2)41-28(38)42-23)36(30)20-14-12-19(13-15-20)21-10-8-9-11-22(21)26-32-34-35-33-26/h8-15,31,39H,6-7,16-17H2,1-5H3,(H,32,33,34,35). The lowest BCUT2D eigenvalue weighted by Gasteiger charge is -2.38. The van der Waals surface area contributed by atoms with Crippen LogP contribution in [0.4, 0.5) is 5.69 Å². The molecule has 0 bridgehead atoms. The first-order chi connectivity index (χ1) is 20.0. The topological polar surface area (TPSA) is 160 Å². The number of carbonyl (C=O) groups is 1. The fourth-order valence-electron chi connectivity index (χ4n) is 5.19. The summed E-state index contributed by atoms with van der Waals surface area (Å²) in [5.74, 6) is -0.719. The predicted octanol–water partition coefficient (Wildman–Crippen LogP) is 4.43. The van der Waals surface area contributed by atoms with Gasteiger partial charge in [0.05, 0.1) is 5.70 Å². The number of aliphatic hydroxyl groups is 1. The molecule has 3 N–H and O–H groups in total. The number of rotatable bonds is 10. The molecule has 0 fully saturated rings. The lowest BCUT2D eigenvalue weighted by atomic mass is 9.98. The van der Waals surface area contributed by atoms with Crippen molar-refractivity contribution in [1.82, 2.24) is 25.9 Å². The summed E-state index contributed by atoms with van der Waals surface area (Å²) < 4.78 is 15.5. The molecule has 220 valence electrons. The summed E-state index contributed by atoms with van der Waals surface area (Å²) in [7, 11) is 0. The maximum absolute atomic E-state index is 13.8. The highest BCUT2D eigenvalue weighted by atomic mass is 16.6. The second-order valence-corrected chi connectivity index (χ2v) is 11.0. The van der Waals surface area contributed by atoms with E-state index in [-0.39, 0.29) is 23.8 Å². The number of aromatic amines is 1. The van der Waals surface area contributed by atoms with Gasteiger partial charge in [-0.25, -0.2) is 9.59 Å². The van der Waals surface area contributed by atoms with E-state index in [0.29, 0.717) is 17.9 Å². The summed E-state index contributed by atoms with van der Waals surface area (Å²) >= 11 is 0. The van der Waals surface area contributed by atoms with E-state index in [4.69, 9.17) is 13.6 Å². The van der Waals surface area contributed by atoms with Gasteiger partial charge in [-0.15, -0.1) is 10.2 Å². The minimum atomic E-state index is -1.39. The highest BCUT2D eigenvalue weighted by Gasteiger charge is 2.48. The van der Waals surface area contributed by atoms with Crippen LogP contribution in [0.2, 0.25) is 0 Å². The smallest absolute Gasteiger partial charge is 0.453 e. The highest BCUT2D eigenvalue weighted by molar-refractivity contribution is 5.96. The van der Waals surface area contributed by atoms with Crippen LogP contribution in [0.15, 0.2) is 73.6 Å². The van der Waals surface area contributed by atoms with Crippen LogP contribution >= 0.6 is 0 Å². The Morgan fingerprint density at radius 2 is 1.83 bits per heavy atom. The SMILES string of the molecule is CCCCC1(C)NC(C(C)(C)O)=C(C(=O)OCc2oc(=O)oc2C)N1c1ccc(-c2ccccc2-c2nn[nH]n2)cc1. The van der Waals surface area contributed by atoms with Crippen LogP contribution in [0.25, 0.3) is 22.5 Å². The highest BCUT2D eigenvalue weighted by Crippen LogP contribution is 2.41. The van der Waals surface area contributed by atoms with Gasteiger partial charge in [-0.1, -0.05) is 49.7 Å². The molecule has 12 heteroatoms. The largest absolute Gasteiger partial charge is 0.519 e. The molecule has 0 saturated heterocycles. The van der Waals surface area contributed by atoms with Crippen LogP contribution in [0.1, 0.15) is 58.5 Å². The molecule has 42 heavy (non-hydrogen) atoms. The number of carbonyl (C=O) groups excluding carboxylic acids is 1. The average molecular weight is 575 g/mol. The van der Waals surface area contributed by atoms with Crippen molar-refractivity contribution in [3.8, 4) is 22.5 Å². The minimum Gasteiger partial charge on any atom is -0.453 e. The van der Waals surface area contributed by atoms with E-state index in [2.05, 4.69) is 32.9 Å². The summed E-state index contributed by atoms with van der Waals surface area (Å²) in [5.41, 5.74) is 1.75. The minimum absolute atomic E-state index is 0.120. The van der Waals surface area contributed by atoms with Crippen LogP contribution in [0, 0.1) is 6.92 Å². The Bertz CT molecular complexity index is 1650. The van der Waals surface area contributed by atoms with Crippen molar-refractivity contribution >= 4 is 11.7 Å². The third-order valence-corrected chi connectivity index (χ3v) is 7.29. The molecular weight excluding hydrogens is 540 g/mol. The first-order valence-electron chi connectivity index (χ1n) is 13.8. The zero-order valence-electron chi connectivity index (χ0n) is 24.2. The number of aromatic nitrogens is 4. The number of nitrogens with one attached hydrogen (secondary N) is 2. The fraction of sp³-hybridized carbons (Fsp3) is 0.367. The number of H-pyrrole nitrogens is 1. The van der Waals surface area contributed by atoms with Gasteiger partial charge in [0.1, 0.15) is 11.3 Å². The van der Waals surface area contributed by atoms with Gasteiger partial charge in [0.25, 0.3) is 0 Å². The van der Waals surface area contributed by atoms with Crippen molar-refractivity contribution in [1.29, 1.82) is 0 Å². The number of aryl methyl sites for hydroxylation is 1. The van der Waals surface area contributed by atoms with Crippen molar-refractivity contribution < 1.29 is 23.5 Å². The third-order valence-electron chi connectivity index (χ3n) is 7.29. The number of benzene rings is 2. The van der Waals surface area contributed by atoms with Gasteiger partial charge in [0.2, 0.25) is 5.82 Å². The second-order valence-electron chi connectivity index (χ2n) is 11.0. The van der Waals surface area contributed by atoms with Crippen molar-refractivity contribution in [3.05, 3.63) is 82.1 Å². The molecule has 4 aromatic rings. The summed E-state index contributed by atoms with van der Waals surface area (Å²) in [6.07, 6.45) is 2.49. The zero-order chi connectivity index (χ0) is 30.1. The fourth-order valence-corrected chi connectivity index (χ4v) is 5.19. The van der Waals surface area contributed by atoms with Crippen molar-refractivity contribution in [2.75, 3.05) is 4.90 Å². The number of hydrogen-bond acceptors (Lipinski definition) is 11. The van der Waals surface area contributed by atoms with E-state index in [1.54, 1.807) is 20.8 Å². The first-order valence-corrected chi connectivity index (χ1v) is 13.8. The first kappa shape index (κ1) is 28.8. The van der Waals surface area contributed by atoms with E-state index in [1.807, 2.05) is 60.4 Å². The van der Waals surface area contributed by atoms with Crippen molar-refractivity contribution in [2.24, 2.45) is 0 Å². The molecule has 2 aromatic carbocycles. The Hall–Kier alpha value is -4.71.